The van der Waals surface area contributed by atoms with Gasteiger partial charge in [-0.3, -0.25) is 9.78 Å². The molecule has 0 aliphatic rings. The number of nitrogens with one attached hydrogen (secondary N) is 1. The van der Waals surface area contributed by atoms with Crippen molar-refractivity contribution in [3.8, 4) is 0 Å². The van der Waals surface area contributed by atoms with Crippen molar-refractivity contribution >= 4 is 5.97 Å². The fraction of sp³-hybridized carbons (Fsp3) is 0.500. The SMILES string of the molecule is CC(C)OC(=O)CNC(C)c1cccnc1. The van der Waals surface area contributed by atoms with Crippen molar-refractivity contribution in [2.24, 2.45) is 0 Å². The molecular formula is C12H18N2O2. The summed E-state index contributed by atoms with van der Waals surface area (Å²) in [5.74, 6) is -0.231. The van der Waals surface area contributed by atoms with Gasteiger partial charge in [0.05, 0.1) is 12.6 Å². The Morgan fingerprint density at radius 2 is 2.25 bits per heavy atom. The highest BCUT2D eigenvalue weighted by atomic mass is 16.5. The largest absolute Gasteiger partial charge is 0.462 e. The van der Waals surface area contributed by atoms with Gasteiger partial charge < -0.3 is 10.1 Å². The van der Waals surface area contributed by atoms with E-state index in [-0.39, 0.29) is 24.7 Å². The highest BCUT2D eigenvalue weighted by Gasteiger charge is 2.09. The van der Waals surface area contributed by atoms with Crippen molar-refractivity contribution in [2.45, 2.75) is 32.9 Å². The summed E-state index contributed by atoms with van der Waals surface area (Å²) < 4.78 is 5.02. The van der Waals surface area contributed by atoms with Crippen LogP contribution in [0.15, 0.2) is 24.5 Å². The zero-order chi connectivity index (χ0) is 12.0. The average Bonchev–Trinajstić information content (AvgIpc) is 2.26. The molecule has 4 heteroatoms. The van der Waals surface area contributed by atoms with E-state index in [1.807, 2.05) is 32.9 Å². The molecule has 1 unspecified atom stereocenters. The molecule has 0 aliphatic carbocycles. The van der Waals surface area contributed by atoms with Crippen LogP contribution in [0.25, 0.3) is 0 Å². The van der Waals surface area contributed by atoms with E-state index in [9.17, 15) is 4.79 Å². The Labute approximate surface area is 96.0 Å². The van der Waals surface area contributed by atoms with Gasteiger partial charge in [0.15, 0.2) is 0 Å². The predicted octanol–water partition coefficient (Wildman–Crippen LogP) is 1.68. The van der Waals surface area contributed by atoms with Crippen LogP contribution in [0, 0.1) is 0 Å². The zero-order valence-corrected chi connectivity index (χ0v) is 9.93. The maximum atomic E-state index is 11.3. The van der Waals surface area contributed by atoms with Crippen LogP contribution in [-0.4, -0.2) is 23.6 Å². The van der Waals surface area contributed by atoms with Gasteiger partial charge in [-0.25, -0.2) is 0 Å². The standard InChI is InChI=1S/C12H18N2O2/c1-9(2)16-12(15)8-14-10(3)11-5-4-6-13-7-11/h4-7,9-10,14H,8H2,1-3H3. The smallest absolute Gasteiger partial charge is 0.320 e. The van der Waals surface area contributed by atoms with Crippen LogP contribution in [0.5, 0.6) is 0 Å². The maximum absolute atomic E-state index is 11.3. The second-order valence-corrected chi connectivity index (χ2v) is 3.93. The Morgan fingerprint density at radius 3 is 2.81 bits per heavy atom. The van der Waals surface area contributed by atoms with Crippen molar-refractivity contribution in [1.82, 2.24) is 10.3 Å². The molecule has 88 valence electrons. The van der Waals surface area contributed by atoms with Crippen LogP contribution in [-0.2, 0) is 9.53 Å². The van der Waals surface area contributed by atoms with Gasteiger partial charge in [-0.05, 0) is 32.4 Å². The first-order chi connectivity index (χ1) is 7.59. The topological polar surface area (TPSA) is 51.2 Å². The second-order valence-electron chi connectivity index (χ2n) is 3.93. The summed E-state index contributed by atoms with van der Waals surface area (Å²) in [4.78, 5) is 15.3. The monoisotopic (exact) mass is 222 g/mol. The molecule has 1 heterocycles. The number of esters is 1. The first-order valence-corrected chi connectivity index (χ1v) is 5.42. The summed E-state index contributed by atoms with van der Waals surface area (Å²) in [6.07, 6.45) is 3.44. The number of aromatic nitrogens is 1. The molecule has 0 amide bonds. The molecule has 1 rings (SSSR count). The van der Waals surface area contributed by atoms with Crippen LogP contribution in [0.3, 0.4) is 0 Å². The summed E-state index contributed by atoms with van der Waals surface area (Å²) in [6.45, 7) is 5.87. The van der Waals surface area contributed by atoms with Crippen LogP contribution < -0.4 is 5.32 Å². The summed E-state index contributed by atoms with van der Waals surface area (Å²) in [7, 11) is 0. The van der Waals surface area contributed by atoms with Gasteiger partial charge in [0, 0.05) is 18.4 Å². The molecule has 0 saturated heterocycles. The van der Waals surface area contributed by atoms with Gasteiger partial charge in [0.1, 0.15) is 0 Å². The van der Waals surface area contributed by atoms with E-state index in [2.05, 4.69) is 10.3 Å². The van der Waals surface area contributed by atoms with Gasteiger partial charge in [0.2, 0.25) is 0 Å². The Bertz CT molecular complexity index is 325. The number of pyridine rings is 1. The lowest BCUT2D eigenvalue weighted by atomic mass is 10.1. The van der Waals surface area contributed by atoms with E-state index in [0.717, 1.165) is 5.56 Å². The van der Waals surface area contributed by atoms with Gasteiger partial charge >= 0.3 is 5.97 Å². The normalized spacial score (nSPS) is 12.5. The summed E-state index contributed by atoms with van der Waals surface area (Å²) in [6, 6.07) is 3.94. The lowest BCUT2D eigenvalue weighted by molar-refractivity contribution is -0.146. The molecular weight excluding hydrogens is 204 g/mol. The molecule has 1 atom stereocenters. The van der Waals surface area contributed by atoms with Crippen LogP contribution >= 0.6 is 0 Å². The number of ether oxygens (including phenoxy) is 1. The van der Waals surface area contributed by atoms with E-state index in [1.165, 1.54) is 0 Å². The molecule has 0 saturated carbocycles. The fourth-order valence-electron chi connectivity index (χ4n) is 1.29. The summed E-state index contributed by atoms with van der Waals surface area (Å²) >= 11 is 0. The fourth-order valence-corrected chi connectivity index (χ4v) is 1.29. The number of rotatable bonds is 5. The van der Waals surface area contributed by atoms with E-state index >= 15 is 0 Å². The van der Waals surface area contributed by atoms with Crippen LogP contribution in [0.2, 0.25) is 0 Å². The van der Waals surface area contributed by atoms with Crippen molar-refractivity contribution in [3.63, 3.8) is 0 Å². The molecule has 1 aromatic rings. The first kappa shape index (κ1) is 12.6. The minimum atomic E-state index is -0.231. The van der Waals surface area contributed by atoms with Crippen LogP contribution in [0.1, 0.15) is 32.4 Å². The van der Waals surface area contributed by atoms with E-state index in [4.69, 9.17) is 4.74 Å². The molecule has 1 N–H and O–H groups in total. The second kappa shape index (κ2) is 6.23. The molecule has 0 spiro atoms. The highest BCUT2D eigenvalue weighted by Crippen LogP contribution is 2.08. The minimum Gasteiger partial charge on any atom is -0.462 e. The van der Waals surface area contributed by atoms with E-state index in [0.29, 0.717) is 0 Å². The summed E-state index contributed by atoms with van der Waals surface area (Å²) in [5, 5.41) is 3.09. The zero-order valence-electron chi connectivity index (χ0n) is 9.93. The number of carbonyl (C=O) groups excluding carboxylic acids is 1. The lowest BCUT2D eigenvalue weighted by Crippen LogP contribution is -2.28. The Morgan fingerprint density at radius 1 is 1.50 bits per heavy atom. The third kappa shape index (κ3) is 4.40. The van der Waals surface area contributed by atoms with E-state index in [1.54, 1.807) is 12.4 Å². The van der Waals surface area contributed by atoms with Gasteiger partial charge in [-0.1, -0.05) is 6.07 Å². The number of nitrogens with zero attached hydrogens (tertiary/aromatic N) is 1. The third-order valence-electron chi connectivity index (χ3n) is 2.10. The predicted molar refractivity (Wildman–Crippen MR) is 61.9 cm³/mol. The van der Waals surface area contributed by atoms with Crippen molar-refractivity contribution in [3.05, 3.63) is 30.1 Å². The highest BCUT2D eigenvalue weighted by molar-refractivity contribution is 5.71. The molecule has 1 aromatic heterocycles. The van der Waals surface area contributed by atoms with Crippen molar-refractivity contribution in [1.29, 1.82) is 0 Å². The van der Waals surface area contributed by atoms with Gasteiger partial charge in [-0.15, -0.1) is 0 Å². The molecule has 0 aromatic carbocycles. The molecule has 16 heavy (non-hydrogen) atoms. The number of carbonyl (C=O) groups is 1. The Kier molecular flexibility index (Phi) is 4.92. The maximum Gasteiger partial charge on any atom is 0.320 e. The Hall–Kier alpha value is -1.42. The molecule has 4 nitrogen and oxygen atoms in total. The molecule has 0 aliphatic heterocycles. The molecule has 0 radical (unpaired) electrons. The quantitative estimate of drug-likeness (QED) is 0.770. The number of hydrogen-bond donors (Lipinski definition) is 1. The summed E-state index contributed by atoms with van der Waals surface area (Å²) in [5.41, 5.74) is 1.06. The third-order valence-corrected chi connectivity index (χ3v) is 2.10. The lowest BCUT2D eigenvalue weighted by Gasteiger charge is -2.14. The molecule has 0 bridgehead atoms. The number of hydrogen-bond acceptors (Lipinski definition) is 4. The van der Waals surface area contributed by atoms with E-state index < -0.39 is 0 Å². The van der Waals surface area contributed by atoms with Gasteiger partial charge in [-0.2, -0.15) is 0 Å². The minimum absolute atomic E-state index is 0.0667. The van der Waals surface area contributed by atoms with Crippen molar-refractivity contribution < 1.29 is 9.53 Å². The van der Waals surface area contributed by atoms with Crippen LogP contribution in [0.4, 0.5) is 0 Å². The first-order valence-electron chi connectivity index (χ1n) is 5.42. The average molecular weight is 222 g/mol. The van der Waals surface area contributed by atoms with Crippen molar-refractivity contribution in [2.75, 3.05) is 6.54 Å². The molecule has 0 fully saturated rings. The van der Waals surface area contributed by atoms with Gasteiger partial charge in [0.25, 0.3) is 0 Å². The Balaban J connectivity index is 2.36.